The van der Waals surface area contributed by atoms with Crippen molar-refractivity contribution in [3.05, 3.63) is 23.9 Å². The van der Waals surface area contributed by atoms with Gasteiger partial charge in [-0.1, -0.05) is 6.92 Å². The normalized spacial score (nSPS) is 13.6. The van der Waals surface area contributed by atoms with Gasteiger partial charge >= 0.3 is 0 Å². The van der Waals surface area contributed by atoms with Gasteiger partial charge in [-0.25, -0.2) is 4.98 Å². The molecule has 1 aromatic rings. The molecule has 0 bridgehead atoms. The van der Waals surface area contributed by atoms with Gasteiger partial charge in [0.25, 0.3) is 0 Å². The molecule has 4 nitrogen and oxygen atoms in total. The van der Waals surface area contributed by atoms with Crippen LogP contribution in [0.1, 0.15) is 33.3 Å². The lowest BCUT2D eigenvalue weighted by Gasteiger charge is -2.35. The number of likely N-dealkylation sites (N-methyl/N-ethyl adjacent to an activating group) is 1. The smallest absolute Gasteiger partial charge is 0.123 e. The van der Waals surface area contributed by atoms with E-state index in [1.165, 1.54) is 5.56 Å². The molecular formula is C14H25N3O. The number of ether oxygens (including phenoxy) is 1. The van der Waals surface area contributed by atoms with Crippen molar-refractivity contribution in [1.29, 1.82) is 0 Å². The Balaban J connectivity index is 2.79. The summed E-state index contributed by atoms with van der Waals surface area (Å²) in [4.78, 5) is 4.02. The van der Waals surface area contributed by atoms with Crippen molar-refractivity contribution in [2.75, 3.05) is 18.9 Å². The third-order valence-electron chi connectivity index (χ3n) is 3.09. The van der Waals surface area contributed by atoms with Gasteiger partial charge in [-0.2, -0.15) is 0 Å². The Morgan fingerprint density at radius 1 is 1.44 bits per heavy atom. The Morgan fingerprint density at radius 2 is 2.17 bits per heavy atom. The zero-order valence-corrected chi connectivity index (χ0v) is 11.9. The minimum Gasteiger partial charge on any atom is -0.384 e. The van der Waals surface area contributed by atoms with E-state index in [4.69, 9.17) is 10.5 Å². The largest absolute Gasteiger partial charge is 0.384 e. The Morgan fingerprint density at radius 3 is 2.72 bits per heavy atom. The Kier molecular flexibility index (Phi) is 5.56. The van der Waals surface area contributed by atoms with Crippen molar-refractivity contribution in [3.63, 3.8) is 0 Å². The average Bonchev–Trinajstić information content (AvgIpc) is 2.28. The summed E-state index contributed by atoms with van der Waals surface area (Å²) >= 11 is 0. The topological polar surface area (TPSA) is 60.2 Å². The van der Waals surface area contributed by atoms with Crippen LogP contribution in [0.5, 0.6) is 0 Å². The van der Waals surface area contributed by atoms with E-state index in [-0.39, 0.29) is 11.6 Å². The maximum Gasteiger partial charge on any atom is 0.123 e. The minimum absolute atomic E-state index is 0.206. The second kappa shape index (κ2) is 6.71. The van der Waals surface area contributed by atoms with Crippen LogP contribution in [0.25, 0.3) is 0 Å². The molecule has 18 heavy (non-hydrogen) atoms. The van der Waals surface area contributed by atoms with Crippen LogP contribution in [-0.2, 0) is 11.2 Å². The highest BCUT2D eigenvalue weighted by molar-refractivity contribution is 5.32. The first-order chi connectivity index (χ1) is 8.49. The maximum atomic E-state index is 5.84. The molecule has 1 heterocycles. The van der Waals surface area contributed by atoms with E-state index < -0.39 is 0 Å². The highest BCUT2D eigenvalue weighted by atomic mass is 16.5. The second-order valence-electron chi connectivity index (χ2n) is 4.94. The Labute approximate surface area is 110 Å². The molecule has 1 aromatic heterocycles. The lowest BCUT2D eigenvalue weighted by Crippen LogP contribution is -2.50. The van der Waals surface area contributed by atoms with E-state index in [9.17, 15) is 0 Å². The fourth-order valence-electron chi connectivity index (χ4n) is 2.14. The van der Waals surface area contributed by atoms with Gasteiger partial charge in [0, 0.05) is 18.8 Å². The van der Waals surface area contributed by atoms with Crippen molar-refractivity contribution in [2.45, 2.75) is 45.8 Å². The first-order valence-corrected chi connectivity index (χ1v) is 6.57. The van der Waals surface area contributed by atoms with Gasteiger partial charge in [0.15, 0.2) is 0 Å². The van der Waals surface area contributed by atoms with Gasteiger partial charge in [-0.05, 0) is 51.4 Å². The average molecular weight is 251 g/mol. The van der Waals surface area contributed by atoms with Crippen molar-refractivity contribution in [1.82, 2.24) is 10.3 Å². The lowest BCUT2D eigenvalue weighted by atomic mass is 9.92. The third kappa shape index (κ3) is 4.27. The summed E-state index contributed by atoms with van der Waals surface area (Å²) in [5, 5.41) is 3.49. The number of pyridine rings is 1. The van der Waals surface area contributed by atoms with Crippen LogP contribution < -0.4 is 11.1 Å². The summed E-state index contributed by atoms with van der Waals surface area (Å²) in [7, 11) is 0. The van der Waals surface area contributed by atoms with Crippen LogP contribution in [0.3, 0.4) is 0 Å². The summed E-state index contributed by atoms with van der Waals surface area (Å²) in [5.41, 5.74) is 6.69. The number of hydrogen-bond acceptors (Lipinski definition) is 4. The molecule has 0 spiro atoms. The van der Waals surface area contributed by atoms with Crippen molar-refractivity contribution in [3.8, 4) is 0 Å². The van der Waals surface area contributed by atoms with E-state index in [1.807, 2.05) is 19.1 Å². The SMILES string of the molecule is CCNC(Cc1ccnc(N)c1)C(C)(C)OCC. The summed E-state index contributed by atoms with van der Waals surface area (Å²) < 4.78 is 5.84. The first kappa shape index (κ1) is 14.9. The van der Waals surface area contributed by atoms with E-state index in [2.05, 4.69) is 31.1 Å². The number of nitrogens with one attached hydrogen (secondary N) is 1. The summed E-state index contributed by atoms with van der Waals surface area (Å²) in [6.45, 7) is 10.0. The van der Waals surface area contributed by atoms with Crippen LogP contribution >= 0.6 is 0 Å². The van der Waals surface area contributed by atoms with Crippen molar-refractivity contribution >= 4 is 5.82 Å². The summed E-state index contributed by atoms with van der Waals surface area (Å²) in [5.74, 6) is 0.567. The van der Waals surface area contributed by atoms with Gasteiger partial charge in [0.1, 0.15) is 5.82 Å². The molecule has 0 aliphatic heterocycles. The molecule has 0 amide bonds. The number of nitrogens with two attached hydrogens (primary N) is 1. The van der Waals surface area contributed by atoms with Gasteiger partial charge in [0.2, 0.25) is 0 Å². The predicted molar refractivity (Wildman–Crippen MR) is 75.5 cm³/mol. The molecular weight excluding hydrogens is 226 g/mol. The molecule has 0 saturated heterocycles. The summed E-state index contributed by atoms with van der Waals surface area (Å²) in [6.07, 6.45) is 2.63. The minimum atomic E-state index is -0.206. The number of nitrogens with zero attached hydrogens (tertiary/aromatic N) is 1. The Hall–Kier alpha value is -1.13. The molecule has 4 heteroatoms. The van der Waals surface area contributed by atoms with E-state index in [1.54, 1.807) is 6.20 Å². The fourth-order valence-corrected chi connectivity index (χ4v) is 2.14. The number of nitrogen functional groups attached to an aromatic ring is 1. The van der Waals surface area contributed by atoms with Crippen LogP contribution in [0.4, 0.5) is 5.82 Å². The number of aromatic nitrogens is 1. The third-order valence-corrected chi connectivity index (χ3v) is 3.09. The number of anilines is 1. The van der Waals surface area contributed by atoms with Gasteiger partial charge < -0.3 is 15.8 Å². The standard InChI is InChI=1S/C14H25N3O/c1-5-16-12(14(3,4)18-6-2)9-11-7-8-17-13(15)10-11/h7-8,10,12,16H,5-6,9H2,1-4H3,(H2,15,17). The van der Waals surface area contributed by atoms with Gasteiger partial charge in [-0.15, -0.1) is 0 Å². The molecule has 102 valence electrons. The van der Waals surface area contributed by atoms with E-state index in [0.717, 1.165) is 13.0 Å². The van der Waals surface area contributed by atoms with Crippen LogP contribution in [0.15, 0.2) is 18.3 Å². The Bertz CT molecular complexity index is 366. The van der Waals surface area contributed by atoms with Gasteiger partial charge in [-0.3, -0.25) is 0 Å². The molecule has 0 fully saturated rings. The molecule has 1 atom stereocenters. The molecule has 1 unspecified atom stereocenters. The van der Waals surface area contributed by atoms with Crippen LogP contribution in [-0.4, -0.2) is 29.8 Å². The number of rotatable bonds is 7. The highest BCUT2D eigenvalue weighted by Crippen LogP contribution is 2.19. The molecule has 0 radical (unpaired) electrons. The fraction of sp³-hybridized carbons (Fsp3) is 0.643. The zero-order chi connectivity index (χ0) is 13.6. The number of hydrogen-bond donors (Lipinski definition) is 2. The lowest BCUT2D eigenvalue weighted by molar-refractivity contribution is -0.0376. The first-order valence-electron chi connectivity index (χ1n) is 6.57. The molecule has 1 rings (SSSR count). The zero-order valence-electron chi connectivity index (χ0n) is 11.9. The molecule has 0 saturated carbocycles. The van der Waals surface area contributed by atoms with Gasteiger partial charge in [0.05, 0.1) is 5.60 Å². The molecule has 3 N–H and O–H groups in total. The quantitative estimate of drug-likeness (QED) is 0.778. The predicted octanol–water partition coefficient (Wildman–Crippen LogP) is 2.00. The molecule has 0 aromatic carbocycles. The highest BCUT2D eigenvalue weighted by Gasteiger charge is 2.29. The molecule has 0 aliphatic carbocycles. The van der Waals surface area contributed by atoms with E-state index >= 15 is 0 Å². The monoisotopic (exact) mass is 251 g/mol. The van der Waals surface area contributed by atoms with Crippen molar-refractivity contribution in [2.24, 2.45) is 0 Å². The van der Waals surface area contributed by atoms with Crippen molar-refractivity contribution < 1.29 is 4.74 Å². The van der Waals surface area contributed by atoms with E-state index in [0.29, 0.717) is 12.4 Å². The van der Waals surface area contributed by atoms with Crippen LogP contribution in [0, 0.1) is 0 Å². The second-order valence-corrected chi connectivity index (χ2v) is 4.94. The molecule has 0 aliphatic rings. The van der Waals surface area contributed by atoms with Crippen LogP contribution in [0.2, 0.25) is 0 Å². The summed E-state index contributed by atoms with van der Waals surface area (Å²) in [6, 6.07) is 4.18. The maximum absolute atomic E-state index is 5.84.